The summed E-state index contributed by atoms with van der Waals surface area (Å²) in [6.07, 6.45) is -0.911. The van der Waals surface area contributed by atoms with Crippen molar-refractivity contribution in [2.45, 2.75) is 4.90 Å². The third kappa shape index (κ3) is 3.37. The van der Waals surface area contributed by atoms with E-state index in [0.29, 0.717) is 0 Å². The molecule has 0 atom stereocenters. The summed E-state index contributed by atoms with van der Waals surface area (Å²) in [6.45, 7) is 0. The number of carbonyl (C=O) groups excluding carboxylic acids is 1. The van der Waals surface area contributed by atoms with Crippen LogP contribution in [0.1, 0.15) is 0 Å². The Morgan fingerprint density at radius 3 is 2.69 bits per heavy atom. The Kier molecular flexibility index (Phi) is 4.11. The normalized spacial score (nSPS) is 10.9. The van der Waals surface area contributed by atoms with Crippen molar-refractivity contribution in [3.05, 3.63) is 29.3 Å². The highest BCUT2D eigenvalue weighted by Crippen LogP contribution is 2.14. The van der Waals surface area contributed by atoms with Crippen LogP contribution in [-0.2, 0) is 14.8 Å². The Labute approximate surface area is 97.6 Å². The summed E-state index contributed by atoms with van der Waals surface area (Å²) >= 11 is 5.64. The lowest BCUT2D eigenvalue weighted by Crippen LogP contribution is -2.41. The van der Waals surface area contributed by atoms with Gasteiger partial charge in [0.1, 0.15) is 0 Å². The molecule has 0 saturated carbocycles. The summed E-state index contributed by atoms with van der Waals surface area (Å²) in [7, 11) is -2.72. The first-order chi connectivity index (χ1) is 7.45. The smallest absolute Gasteiger partial charge is 0.422 e. The van der Waals surface area contributed by atoms with Crippen LogP contribution in [0.25, 0.3) is 0 Å². The summed E-state index contributed by atoms with van der Waals surface area (Å²) < 4.78 is 27.3. The summed E-state index contributed by atoms with van der Waals surface area (Å²) in [4.78, 5) is 12.5. The van der Waals surface area contributed by atoms with E-state index < -0.39 is 16.1 Å². The van der Waals surface area contributed by atoms with E-state index in [2.05, 4.69) is 4.74 Å². The number of halogens is 1. The molecule has 88 valence electrons. The molecular formula is C8H9ClN2O4S. The summed E-state index contributed by atoms with van der Waals surface area (Å²) in [5, 5.41) is 0.279. The summed E-state index contributed by atoms with van der Waals surface area (Å²) in [5.41, 5.74) is 1.85. The van der Waals surface area contributed by atoms with Crippen LogP contribution in [0.3, 0.4) is 0 Å². The highest BCUT2D eigenvalue weighted by Gasteiger charge is 2.15. The molecule has 1 aromatic rings. The third-order valence-corrected chi connectivity index (χ3v) is 3.06. The second kappa shape index (κ2) is 5.15. The molecule has 0 aliphatic rings. The quantitative estimate of drug-likeness (QED) is 0.794. The monoisotopic (exact) mass is 264 g/mol. The molecule has 1 amide bonds. The zero-order valence-corrected chi connectivity index (χ0v) is 9.80. The molecule has 0 heterocycles. The van der Waals surface area contributed by atoms with Crippen molar-refractivity contribution in [2.24, 2.45) is 0 Å². The van der Waals surface area contributed by atoms with Crippen LogP contribution in [0.4, 0.5) is 4.79 Å². The van der Waals surface area contributed by atoms with Gasteiger partial charge < -0.3 is 4.74 Å². The highest BCUT2D eigenvalue weighted by atomic mass is 35.5. The standard InChI is InChI=1S/C8H9ClN2O4S/c1-15-8(12)10-11-16(13,14)7-4-2-3-6(9)5-7/h2-5,11H,1H3,(H,10,12). The van der Waals surface area contributed by atoms with Gasteiger partial charge in [0.2, 0.25) is 0 Å². The van der Waals surface area contributed by atoms with E-state index in [1.807, 2.05) is 10.3 Å². The number of hydrazine groups is 1. The molecule has 0 spiro atoms. The van der Waals surface area contributed by atoms with Crippen molar-refractivity contribution in [1.82, 2.24) is 10.3 Å². The maximum atomic E-state index is 11.6. The molecule has 2 N–H and O–H groups in total. The van der Waals surface area contributed by atoms with Gasteiger partial charge in [-0.2, -0.15) is 0 Å². The second-order valence-electron chi connectivity index (χ2n) is 2.68. The molecule has 6 nitrogen and oxygen atoms in total. The number of hydrogen-bond donors (Lipinski definition) is 2. The number of rotatable bonds is 3. The van der Waals surface area contributed by atoms with E-state index in [1.54, 1.807) is 0 Å². The van der Waals surface area contributed by atoms with Crippen LogP contribution in [0.2, 0.25) is 5.02 Å². The van der Waals surface area contributed by atoms with Gasteiger partial charge in [0.15, 0.2) is 0 Å². The third-order valence-electron chi connectivity index (χ3n) is 1.58. The van der Waals surface area contributed by atoms with Crippen molar-refractivity contribution >= 4 is 27.7 Å². The molecule has 1 rings (SSSR count). The zero-order chi connectivity index (χ0) is 12.2. The first kappa shape index (κ1) is 12.8. The minimum absolute atomic E-state index is 0.0589. The Bertz CT molecular complexity index is 489. The van der Waals surface area contributed by atoms with Gasteiger partial charge in [0.05, 0.1) is 12.0 Å². The second-order valence-corrected chi connectivity index (χ2v) is 4.80. The number of ether oxygens (including phenoxy) is 1. The average molecular weight is 265 g/mol. The molecule has 16 heavy (non-hydrogen) atoms. The lowest BCUT2D eigenvalue weighted by molar-refractivity contribution is 0.169. The maximum Gasteiger partial charge on any atom is 0.422 e. The van der Waals surface area contributed by atoms with E-state index >= 15 is 0 Å². The first-order valence-electron chi connectivity index (χ1n) is 4.07. The predicted molar refractivity (Wildman–Crippen MR) is 57.3 cm³/mol. The SMILES string of the molecule is COC(=O)NNS(=O)(=O)c1cccc(Cl)c1. The van der Waals surface area contributed by atoms with E-state index in [1.165, 1.54) is 24.3 Å². The topological polar surface area (TPSA) is 84.5 Å². The Morgan fingerprint density at radius 2 is 2.12 bits per heavy atom. The van der Waals surface area contributed by atoms with Gasteiger partial charge >= 0.3 is 6.09 Å². The van der Waals surface area contributed by atoms with Crippen LogP contribution in [0.5, 0.6) is 0 Å². The van der Waals surface area contributed by atoms with Crippen molar-refractivity contribution in [3.8, 4) is 0 Å². The zero-order valence-electron chi connectivity index (χ0n) is 8.23. The van der Waals surface area contributed by atoms with E-state index in [9.17, 15) is 13.2 Å². The van der Waals surface area contributed by atoms with E-state index in [-0.39, 0.29) is 9.92 Å². The number of methoxy groups -OCH3 is 1. The van der Waals surface area contributed by atoms with Crippen molar-refractivity contribution in [2.75, 3.05) is 7.11 Å². The van der Waals surface area contributed by atoms with Crippen LogP contribution < -0.4 is 10.3 Å². The number of nitrogens with one attached hydrogen (secondary N) is 2. The molecule has 0 unspecified atom stereocenters. The molecule has 8 heteroatoms. The number of carbonyl (C=O) groups is 1. The molecular weight excluding hydrogens is 256 g/mol. The van der Waals surface area contributed by atoms with Gasteiger partial charge in [-0.15, -0.1) is 4.83 Å². The van der Waals surface area contributed by atoms with Gasteiger partial charge in [0, 0.05) is 5.02 Å². The largest absolute Gasteiger partial charge is 0.452 e. The van der Waals surface area contributed by atoms with Gasteiger partial charge in [0.25, 0.3) is 10.0 Å². The van der Waals surface area contributed by atoms with Gasteiger partial charge in [-0.3, -0.25) is 0 Å². The number of sulfonamides is 1. The van der Waals surface area contributed by atoms with Crippen LogP contribution in [0.15, 0.2) is 29.2 Å². The molecule has 0 radical (unpaired) electrons. The predicted octanol–water partition coefficient (Wildman–Crippen LogP) is 0.889. The minimum atomic E-state index is -3.83. The fraction of sp³-hybridized carbons (Fsp3) is 0.125. The molecule has 0 aliphatic heterocycles. The van der Waals surface area contributed by atoms with E-state index in [4.69, 9.17) is 11.6 Å². The minimum Gasteiger partial charge on any atom is -0.452 e. The average Bonchev–Trinajstić information content (AvgIpc) is 2.26. The van der Waals surface area contributed by atoms with Crippen molar-refractivity contribution < 1.29 is 17.9 Å². The van der Waals surface area contributed by atoms with Crippen LogP contribution in [0, 0.1) is 0 Å². The summed E-state index contributed by atoms with van der Waals surface area (Å²) in [6, 6.07) is 5.61. The van der Waals surface area contributed by atoms with Gasteiger partial charge in [-0.25, -0.2) is 18.6 Å². The van der Waals surface area contributed by atoms with Gasteiger partial charge in [-0.05, 0) is 18.2 Å². The fourth-order valence-corrected chi connectivity index (χ4v) is 1.98. The molecule has 1 aromatic carbocycles. The Balaban J connectivity index is 2.82. The molecule has 0 aromatic heterocycles. The first-order valence-corrected chi connectivity index (χ1v) is 5.93. The highest BCUT2D eigenvalue weighted by molar-refractivity contribution is 7.89. The van der Waals surface area contributed by atoms with Crippen LogP contribution >= 0.6 is 11.6 Å². The van der Waals surface area contributed by atoms with Crippen molar-refractivity contribution in [3.63, 3.8) is 0 Å². The lowest BCUT2D eigenvalue weighted by atomic mass is 10.4. The molecule has 0 aliphatic carbocycles. The molecule has 0 saturated heterocycles. The van der Waals surface area contributed by atoms with Gasteiger partial charge in [-0.1, -0.05) is 17.7 Å². The van der Waals surface area contributed by atoms with E-state index in [0.717, 1.165) is 7.11 Å². The molecule has 0 fully saturated rings. The molecule has 0 bridgehead atoms. The number of hydrogen-bond acceptors (Lipinski definition) is 4. The maximum absolute atomic E-state index is 11.6. The van der Waals surface area contributed by atoms with Crippen molar-refractivity contribution in [1.29, 1.82) is 0 Å². The fourth-order valence-electron chi connectivity index (χ4n) is 0.853. The number of amides is 1. The lowest BCUT2D eigenvalue weighted by Gasteiger charge is -2.07. The van der Waals surface area contributed by atoms with Crippen LogP contribution in [-0.4, -0.2) is 21.6 Å². The summed E-state index contributed by atoms with van der Waals surface area (Å²) in [5.74, 6) is 0. The Morgan fingerprint density at radius 1 is 1.44 bits per heavy atom. The number of benzene rings is 1. The Hall–Kier alpha value is -1.31.